The lowest BCUT2D eigenvalue weighted by molar-refractivity contribution is -0.122. The number of methoxy groups -OCH3 is 1. The third kappa shape index (κ3) is 6.53. The van der Waals surface area contributed by atoms with Crippen LogP contribution < -0.4 is 24.6 Å². The first-order valence-corrected chi connectivity index (χ1v) is 17.9. The average Bonchev–Trinajstić information content (AvgIpc) is 3.17. The van der Waals surface area contributed by atoms with Crippen LogP contribution in [-0.4, -0.2) is 38.0 Å². The van der Waals surface area contributed by atoms with Crippen LogP contribution in [0.1, 0.15) is 58.1 Å². The molecule has 10 heteroatoms. The molecule has 0 unspecified atom stereocenters. The van der Waals surface area contributed by atoms with Crippen molar-refractivity contribution in [3.63, 3.8) is 0 Å². The number of rotatable bonds is 8. The van der Waals surface area contributed by atoms with E-state index in [0.29, 0.717) is 11.3 Å². The van der Waals surface area contributed by atoms with E-state index < -0.39 is 17.8 Å². The van der Waals surface area contributed by atoms with Crippen LogP contribution in [0, 0.1) is 5.82 Å². The van der Waals surface area contributed by atoms with Gasteiger partial charge in [-0.15, -0.1) is 0 Å². The standard InChI is InChI=1S/C43H35ClFN3O5/c1-52-38-22-27(21-37(44)40(38)53-25-26-12-14-30(45)15-13-26)20-36-41(49)46-43(51)48(42(36)50)31-23-34-32(28-8-4-2-5-9-28)16-18-47-19-17-33(35(24-31)39(34)47)29-10-6-3-7-11-29/h2-15,20-24,32-33H,16-19,25H2,1H3,(H,46,49,51)/b36-20+/t32-,33+. The number of urea groups is 1. The normalized spacial score (nSPS) is 18.8. The predicted molar refractivity (Wildman–Crippen MR) is 202 cm³/mol. The summed E-state index contributed by atoms with van der Waals surface area (Å²) in [5.74, 6) is -1.33. The van der Waals surface area contributed by atoms with Gasteiger partial charge in [-0.3, -0.25) is 14.9 Å². The molecule has 266 valence electrons. The van der Waals surface area contributed by atoms with Crippen LogP contribution in [0.15, 0.2) is 115 Å². The third-order valence-corrected chi connectivity index (χ3v) is 10.5. The molecule has 3 aliphatic rings. The summed E-state index contributed by atoms with van der Waals surface area (Å²) in [6.07, 6.45) is 3.15. The van der Waals surface area contributed by atoms with Gasteiger partial charge in [-0.1, -0.05) is 84.4 Å². The Labute approximate surface area is 311 Å². The molecule has 5 aromatic rings. The molecule has 0 bridgehead atoms. The SMILES string of the molecule is COc1cc(/C=C2\C(=O)NC(=O)N(c3cc4c5c(c3)[C@H](c3ccccc3)CCN5CC[C@@H]4c3ccccc3)C2=O)cc(Cl)c1OCc1ccc(F)cc1. The molecule has 3 aliphatic heterocycles. The number of halogens is 2. The van der Waals surface area contributed by atoms with Gasteiger partial charge in [0.1, 0.15) is 18.0 Å². The molecule has 2 atom stereocenters. The zero-order valence-corrected chi connectivity index (χ0v) is 29.6. The van der Waals surface area contributed by atoms with Gasteiger partial charge in [0.15, 0.2) is 11.5 Å². The van der Waals surface area contributed by atoms with Crippen LogP contribution in [-0.2, 0) is 16.2 Å². The summed E-state index contributed by atoms with van der Waals surface area (Å²) >= 11 is 6.64. The van der Waals surface area contributed by atoms with Gasteiger partial charge in [-0.25, -0.2) is 14.1 Å². The number of hydrogen-bond donors (Lipinski definition) is 1. The molecule has 1 N–H and O–H groups in total. The van der Waals surface area contributed by atoms with Crippen molar-refractivity contribution in [1.29, 1.82) is 0 Å². The Kier molecular flexibility index (Phi) is 9.18. The molecule has 1 saturated heterocycles. The Balaban J connectivity index is 1.18. The summed E-state index contributed by atoms with van der Waals surface area (Å²) in [7, 11) is 1.45. The van der Waals surface area contributed by atoms with E-state index in [1.165, 1.54) is 25.3 Å². The van der Waals surface area contributed by atoms with E-state index in [1.54, 1.807) is 24.3 Å². The van der Waals surface area contributed by atoms with Gasteiger partial charge in [-0.05, 0) is 88.7 Å². The average molecular weight is 728 g/mol. The highest BCUT2D eigenvalue weighted by Crippen LogP contribution is 2.50. The molecule has 0 aromatic heterocycles. The Morgan fingerprint density at radius 2 is 1.43 bits per heavy atom. The van der Waals surface area contributed by atoms with Crippen molar-refractivity contribution in [2.45, 2.75) is 31.3 Å². The maximum Gasteiger partial charge on any atom is 0.335 e. The molecule has 0 aliphatic carbocycles. The second kappa shape index (κ2) is 14.2. The highest BCUT2D eigenvalue weighted by molar-refractivity contribution is 6.39. The molecule has 0 radical (unpaired) electrons. The number of ether oxygens (including phenoxy) is 2. The quantitative estimate of drug-likeness (QED) is 0.127. The van der Waals surface area contributed by atoms with E-state index in [4.69, 9.17) is 21.1 Å². The number of imide groups is 2. The van der Waals surface area contributed by atoms with E-state index in [2.05, 4.69) is 34.5 Å². The number of anilines is 2. The van der Waals surface area contributed by atoms with E-state index in [1.807, 2.05) is 48.5 Å². The van der Waals surface area contributed by atoms with Gasteiger partial charge in [0, 0.05) is 30.6 Å². The zero-order valence-electron chi connectivity index (χ0n) is 28.9. The lowest BCUT2D eigenvalue weighted by atomic mass is 9.76. The second-order valence-corrected chi connectivity index (χ2v) is 13.8. The molecule has 0 saturated carbocycles. The van der Waals surface area contributed by atoms with E-state index in [-0.39, 0.29) is 46.4 Å². The van der Waals surface area contributed by atoms with Gasteiger partial charge >= 0.3 is 6.03 Å². The van der Waals surface area contributed by atoms with Crippen molar-refractivity contribution in [1.82, 2.24) is 5.32 Å². The largest absolute Gasteiger partial charge is 0.493 e. The number of hydrogen-bond acceptors (Lipinski definition) is 6. The summed E-state index contributed by atoms with van der Waals surface area (Å²) in [6, 6.07) is 32.7. The number of carbonyl (C=O) groups is 3. The number of nitrogens with one attached hydrogen (secondary N) is 1. The molecule has 8 nitrogen and oxygen atoms in total. The minimum absolute atomic E-state index is 0.0497. The molecule has 1 fully saturated rings. The van der Waals surface area contributed by atoms with E-state index in [0.717, 1.165) is 64.3 Å². The first kappa shape index (κ1) is 34.2. The summed E-state index contributed by atoms with van der Waals surface area (Å²) in [5.41, 5.74) is 6.83. The fraction of sp³-hybridized carbons (Fsp3) is 0.186. The van der Waals surface area contributed by atoms with Crippen LogP contribution >= 0.6 is 11.6 Å². The number of carbonyl (C=O) groups excluding carboxylic acids is 3. The molecule has 4 amide bonds. The smallest absolute Gasteiger partial charge is 0.335 e. The van der Waals surface area contributed by atoms with Crippen LogP contribution in [0.25, 0.3) is 6.08 Å². The molecular formula is C43H35ClFN3O5. The summed E-state index contributed by atoms with van der Waals surface area (Å²) < 4.78 is 24.9. The van der Waals surface area contributed by atoms with Crippen molar-refractivity contribution < 1.29 is 28.2 Å². The molecule has 8 rings (SSSR count). The highest BCUT2D eigenvalue weighted by Gasteiger charge is 2.40. The fourth-order valence-corrected chi connectivity index (χ4v) is 8.00. The molecule has 53 heavy (non-hydrogen) atoms. The Hall–Kier alpha value is -5.93. The molecular weight excluding hydrogens is 693 g/mol. The van der Waals surface area contributed by atoms with Crippen LogP contribution in [0.3, 0.4) is 0 Å². The predicted octanol–water partition coefficient (Wildman–Crippen LogP) is 8.61. The second-order valence-electron chi connectivity index (χ2n) is 13.4. The maximum absolute atomic E-state index is 14.3. The van der Waals surface area contributed by atoms with Crippen LogP contribution in [0.5, 0.6) is 11.5 Å². The van der Waals surface area contributed by atoms with Gasteiger partial charge in [0.05, 0.1) is 17.8 Å². The minimum Gasteiger partial charge on any atom is -0.493 e. The number of benzene rings is 5. The monoisotopic (exact) mass is 727 g/mol. The highest BCUT2D eigenvalue weighted by atomic mass is 35.5. The summed E-state index contributed by atoms with van der Waals surface area (Å²) in [5, 5.41) is 2.56. The lowest BCUT2D eigenvalue weighted by Crippen LogP contribution is -2.54. The first-order valence-electron chi connectivity index (χ1n) is 17.5. The van der Waals surface area contributed by atoms with Gasteiger partial charge < -0.3 is 14.4 Å². The minimum atomic E-state index is -0.822. The van der Waals surface area contributed by atoms with Gasteiger partial charge in [-0.2, -0.15) is 0 Å². The van der Waals surface area contributed by atoms with Crippen LogP contribution in [0.2, 0.25) is 5.02 Å². The Morgan fingerprint density at radius 1 is 0.830 bits per heavy atom. The van der Waals surface area contributed by atoms with E-state index in [9.17, 15) is 18.8 Å². The van der Waals surface area contributed by atoms with Crippen molar-refractivity contribution in [2.75, 3.05) is 30.0 Å². The van der Waals surface area contributed by atoms with Gasteiger partial charge in [0.25, 0.3) is 11.8 Å². The van der Waals surface area contributed by atoms with Gasteiger partial charge in [0.2, 0.25) is 0 Å². The van der Waals surface area contributed by atoms with Crippen molar-refractivity contribution in [3.8, 4) is 11.5 Å². The van der Waals surface area contributed by atoms with E-state index >= 15 is 0 Å². The third-order valence-electron chi connectivity index (χ3n) is 10.2. The molecule has 0 spiro atoms. The number of nitrogens with zero attached hydrogens (tertiary/aromatic N) is 2. The Morgan fingerprint density at radius 3 is 2.02 bits per heavy atom. The Bertz CT molecular complexity index is 2190. The van der Waals surface area contributed by atoms with Crippen molar-refractivity contribution in [2.24, 2.45) is 0 Å². The van der Waals surface area contributed by atoms with Crippen LogP contribution in [0.4, 0.5) is 20.6 Å². The molecule has 5 aromatic carbocycles. The molecule has 3 heterocycles. The van der Waals surface area contributed by atoms with Crippen molar-refractivity contribution in [3.05, 3.63) is 159 Å². The zero-order chi connectivity index (χ0) is 36.6. The maximum atomic E-state index is 14.3. The first-order chi connectivity index (χ1) is 25.8. The summed E-state index contributed by atoms with van der Waals surface area (Å²) in [4.78, 5) is 44.7. The number of barbiturate groups is 1. The fourth-order valence-electron chi connectivity index (χ4n) is 7.73. The lowest BCUT2D eigenvalue weighted by Gasteiger charge is -2.44. The van der Waals surface area contributed by atoms with Crippen molar-refractivity contribution >= 4 is 46.9 Å². The topological polar surface area (TPSA) is 88.2 Å². The summed E-state index contributed by atoms with van der Waals surface area (Å²) in [6.45, 7) is 1.89. The number of amides is 4.